The summed E-state index contributed by atoms with van der Waals surface area (Å²) in [6.07, 6.45) is 0.754. The van der Waals surface area contributed by atoms with E-state index in [1.165, 1.54) is 0 Å². The lowest BCUT2D eigenvalue weighted by Gasteiger charge is -2.20. The Morgan fingerprint density at radius 3 is 2.64 bits per heavy atom. The second-order valence-corrected chi connectivity index (χ2v) is 4.99. The molecule has 0 aliphatic heterocycles. The molecule has 0 bridgehead atoms. The summed E-state index contributed by atoms with van der Waals surface area (Å²) >= 11 is 7.59. The maximum absolute atomic E-state index is 9.81. The van der Waals surface area contributed by atoms with Gasteiger partial charge in [-0.05, 0) is 25.5 Å². The van der Waals surface area contributed by atoms with Gasteiger partial charge in [-0.15, -0.1) is 11.8 Å². The molecule has 1 N–H and O–H groups in total. The zero-order chi connectivity index (χ0) is 10.6. The van der Waals surface area contributed by atoms with E-state index in [0.717, 1.165) is 16.3 Å². The van der Waals surface area contributed by atoms with Gasteiger partial charge in [-0.25, -0.2) is 0 Å². The first-order chi connectivity index (χ1) is 6.55. The molecule has 1 rings (SSSR count). The van der Waals surface area contributed by atoms with Gasteiger partial charge in [0.25, 0.3) is 0 Å². The lowest BCUT2D eigenvalue weighted by Crippen LogP contribution is -2.25. The molecule has 0 heterocycles. The van der Waals surface area contributed by atoms with Crippen molar-refractivity contribution in [3.05, 3.63) is 29.3 Å². The predicted octanol–water partition coefficient (Wildman–Crippen LogP) is 3.59. The molecule has 14 heavy (non-hydrogen) atoms. The highest BCUT2D eigenvalue weighted by molar-refractivity contribution is 7.99. The van der Waals surface area contributed by atoms with Crippen molar-refractivity contribution in [2.45, 2.75) is 30.8 Å². The van der Waals surface area contributed by atoms with E-state index < -0.39 is 5.60 Å². The van der Waals surface area contributed by atoms with Crippen LogP contribution in [0.3, 0.4) is 0 Å². The van der Waals surface area contributed by atoms with Crippen molar-refractivity contribution in [1.29, 1.82) is 0 Å². The third kappa shape index (κ3) is 3.52. The first kappa shape index (κ1) is 11.9. The molecule has 1 atom stereocenters. The summed E-state index contributed by atoms with van der Waals surface area (Å²) in [5.74, 6) is 0.674. The molecule has 78 valence electrons. The SMILES string of the molecule is CCC(C)(O)CSc1ccccc1Cl. The van der Waals surface area contributed by atoms with E-state index in [-0.39, 0.29) is 0 Å². The largest absolute Gasteiger partial charge is 0.389 e. The lowest BCUT2D eigenvalue weighted by molar-refractivity contribution is 0.0816. The minimum Gasteiger partial charge on any atom is -0.389 e. The molecule has 1 nitrogen and oxygen atoms in total. The van der Waals surface area contributed by atoms with Crippen LogP contribution in [0.1, 0.15) is 20.3 Å². The third-order valence-electron chi connectivity index (χ3n) is 2.14. The topological polar surface area (TPSA) is 20.2 Å². The van der Waals surface area contributed by atoms with Crippen LogP contribution >= 0.6 is 23.4 Å². The van der Waals surface area contributed by atoms with E-state index in [2.05, 4.69) is 0 Å². The van der Waals surface area contributed by atoms with Gasteiger partial charge in [-0.1, -0.05) is 30.7 Å². The zero-order valence-electron chi connectivity index (χ0n) is 8.46. The van der Waals surface area contributed by atoms with Crippen molar-refractivity contribution >= 4 is 23.4 Å². The number of thioether (sulfide) groups is 1. The Kier molecular flexibility index (Phi) is 4.30. The minimum atomic E-state index is -0.607. The first-order valence-electron chi connectivity index (χ1n) is 4.65. The fourth-order valence-electron chi connectivity index (χ4n) is 0.897. The van der Waals surface area contributed by atoms with Crippen LogP contribution in [-0.4, -0.2) is 16.5 Å². The van der Waals surface area contributed by atoms with Crippen molar-refractivity contribution in [2.24, 2.45) is 0 Å². The van der Waals surface area contributed by atoms with Gasteiger partial charge in [0.05, 0.1) is 10.6 Å². The molecule has 0 saturated carbocycles. The van der Waals surface area contributed by atoms with Gasteiger partial charge in [-0.3, -0.25) is 0 Å². The molecule has 0 fully saturated rings. The average Bonchev–Trinajstić information content (AvgIpc) is 2.17. The van der Waals surface area contributed by atoms with Crippen molar-refractivity contribution in [2.75, 3.05) is 5.75 Å². The first-order valence-corrected chi connectivity index (χ1v) is 6.01. The maximum Gasteiger partial charge on any atom is 0.0710 e. The standard InChI is InChI=1S/C11H15ClOS/c1-3-11(2,13)8-14-10-7-5-4-6-9(10)12/h4-7,13H,3,8H2,1-2H3. The minimum absolute atomic E-state index is 0.607. The predicted molar refractivity (Wildman–Crippen MR) is 63.1 cm³/mol. The summed E-state index contributed by atoms with van der Waals surface area (Å²) in [6, 6.07) is 7.70. The highest BCUT2D eigenvalue weighted by Crippen LogP contribution is 2.29. The molecule has 0 spiro atoms. The van der Waals surface area contributed by atoms with Crippen LogP contribution < -0.4 is 0 Å². The number of halogens is 1. The van der Waals surface area contributed by atoms with Crippen molar-refractivity contribution < 1.29 is 5.11 Å². The maximum atomic E-state index is 9.81. The molecule has 1 aromatic carbocycles. The van der Waals surface area contributed by atoms with E-state index in [1.807, 2.05) is 38.1 Å². The summed E-state index contributed by atoms with van der Waals surface area (Å²) in [7, 11) is 0. The second kappa shape index (κ2) is 5.06. The van der Waals surface area contributed by atoms with Crippen molar-refractivity contribution in [3.63, 3.8) is 0 Å². The molecule has 0 saturated heterocycles. The van der Waals surface area contributed by atoms with Crippen molar-refractivity contribution in [3.8, 4) is 0 Å². The van der Waals surface area contributed by atoms with Crippen LogP contribution in [0.5, 0.6) is 0 Å². The van der Waals surface area contributed by atoms with E-state index in [1.54, 1.807) is 11.8 Å². The fraction of sp³-hybridized carbons (Fsp3) is 0.455. The van der Waals surface area contributed by atoms with Crippen LogP contribution in [0, 0.1) is 0 Å². The molecule has 0 aliphatic rings. The Bertz CT molecular complexity index is 299. The number of rotatable bonds is 4. The van der Waals surface area contributed by atoms with E-state index >= 15 is 0 Å². The molecule has 1 aromatic rings. The van der Waals surface area contributed by atoms with Crippen molar-refractivity contribution in [1.82, 2.24) is 0 Å². The summed E-state index contributed by atoms with van der Waals surface area (Å²) < 4.78 is 0. The quantitative estimate of drug-likeness (QED) is 0.798. The number of aliphatic hydroxyl groups is 1. The fourth-order valence-corrected chi connectivity index (χ4v) is 2.25. The zero-order valence-corrected chi connectivity index (χ0v) is 10.0. The van der Waals surface area contributed by atoms with E-state index in [9.17, 15) is 5.11 Å². The average molecular weight is 231 g/mol. The van der Waals surface area contributed by atoms with E-state index in [4.69, 9.17) is 11.6 Å². The van der Waals surface area contributed by atoms with Crippen LogP contribution in [0.2, 0.25) is 5.02 Å². The normalized spacial score (nSPS) is 15.1. The third-order valence-corrected chi connectivity index (χ3v) is 4.01. The summed E-state index contributed by atoms with van der Waals surface area (Å²) in [4.78, 5) is 1.03. The van der Waals surface area contributed by atoms with E-state index in [0.29, 0.717) is 5.75 Å². The van der Waals surface area contributed by atoms with Gasteiger partial charge in [0.2, 0.25) is 0 Å². The van der Waals surface area contributed by atoms with Crippen LogP contribution in [-0.2, 0) is 0 Å². The molecule has 3 heteroatoms. The molecule has 0 radical (unpaired) electrons. The Balaban J connectivity index is 2.58. The van der Waals surface area contributed by atoms with Gasteiger partial charge < -0.3 is 5.11 Å². The second-order valence-electron chi connectivity index (χ2n) is 3.57. The molecule has 0 aromatic heterocycles. The monoisotopic (exact) mass is 230 g/mol. The number of benzene rings is 1. The molecule has 1 unspecified atom stereocenters. The number of hydrogen-bond acceptors (Lipinski definition) is 2. The van der Waals surface area contributed by atoms with Gasteiger partial charge >= 0.3 is 0 Å². The Labute approximate surface area is 94.5 Å². The molecular formula is C11H15ClOS. The Morgan fingerprint density at radius 1 is 1.43 bits per heavy atom. The number of hydrogen-bond donors (Lipinski definition) is 1. The van der Waals surface area contributed by atoms with Gasteiger partial charge in [-0.2, -0.15) is 0 Å². The Morgan fingerprint density at radius 2 is 2.07 bits per heavy atom. The van der Waals surface area contributed by atoms with Gasteiger partial charge in [0.1, 0.15) is 0 Å². The Hall–Kier alpha value is -0.180. The molecule has 0 aliphatic carbocycles. The van der Waals surface area contributed by atoms with Crippen LogP contribution in [0.4, 0.5) is 0 Å². The van der Waals surface area contributed by atoms with Gasteiger partial charge in [0, 0.05) is 10.6 Å². The summed E-state index contributed by atoms with van der Waals surface area (Å²) in [6.45, 7) is 3.82. The van der Waals surface area contributed by atoms with Crippen LogP contribution in [0.25, 0.3) is 0 Å². The highest BCUT2D eigenvalue weighted by Gasteiger charge is 2.17. The summed E-state index contributed by atoms with van der Waals surface area (Å²) in [5.41, 5.74) is -0.607. The summed E-state index contributed by atoms with van der Waals surface area (Å²) in [5, 5.41) is 10.6. The smallest absolute Gasteiger partial charge is 0.0710 e. The molecular weight excluding hydrogens is 216 g/mol. The molecule has 0 amide bonds. The van der Waals surface area contributed by atoms with Crippen LogP contribution in [0.15, 0.2) is 29.2 Å². The lowest BCUT2D eigenvalue weighted by atomic mass is 10.1. The highest BCUT2D eigenvalue weighted by atomic mass is 35.5. The van der Waals surface area contributed by atoms with Gasteiger partial charge in [0.15, 0.2) is 0 Å².